The van der Waals surface area contributed by atoms with Gasteiger partial charge in [0.15, 0.2) is 6.61 Å². The van der Waals surface area contributed by atoms with Gasteiger partial charge in [-0.2, -0.15) is 0 Å². The SMILES string of the molecule is Cc1cc(OCC(=O)Nc2ccc(S(N)(=O)=O)cc2)c(C(C)C)cc1Br. The zero-order valence-corrected chi connectivity index (χ0v) is 17.1. The maximum atomic E-state index is 12.1. The number of carbonyl (C=O) groups excluding carboxylic acids is 1. The fourth-order valence-electron chi connectivity index (χ4n) is 2.31. The minimum Gasteiger partial charge on any atom is -0.483 e. The lowest BCUT2D eigenvalue weighted by Crippen LogP contribution is -2.21. The van der Waals surface area contributed by atoms with Crippen molar-refractivity contribution >= 4 is 37.5 Å². The molecule has 1 amide bonds. The summed E-state index contributed by atoms with van der Waals surface area (Å²) in [6.45, 7) is 5.90. The first-order valence-corrected chi connectivity index (χ1v) is 10.3. The molecule has 2 aromatic rings. The van der Waals surface area contributed by atoms with Gasteiger partial charge in [0.05, 0.1) is 4.90 Å². The third-order valence-electron chi connectivity index (χ3n) is 3.74. The van der Waals surface area contributed by atoms with Crippen LogP contribution < -0.4 is 15.2 Å². The van der Waals surface area contributed by atoms with Crippen LogP contribution in [0.3, 0.4) is 0 Å². The average Bonchev–Trinajstić information content (AvgIpc) is 2.55. The molecule has 0 aromatic heterocycles. The molecule has 0 unspecified atom stereocenters. The first kappa shape index (κ1) is 20.4. The Morgan fingerprint density at radius 3 is 2.38 bits per heavy atom. The van der Waals surface area contributed by atoms with E-state index in [0.717, 1.165) is 15.6 Å². The zero-order chi connectivity index (χ0) is 19.5. The number of anilines is 1. The molecule has 0 heterocycles. The molecule has 0 saturated heterocycles. The molecular weight excluding hydrogens is 420 g/mol. The van der Waals surface area contributed by atoms with Crippen molar-refractivity contribution in [2.75, 3.05) is 11.9 Å². The van der Waals surface area contributed by atoms with E-state index in [9.17, 15) is 13.2 Å². The van der Waals surface area contributed by atoms with Gasteiger partial charge in [-0.05, 0) is 60.4 Å². The molecule has 0 atom stereocenters. The van der Waals surface area contributed by atoms with Crippen LogP contribution in [-0.4, -0.2) is 20.9 Å². The minimum atomic E-state index is -3.76. The number of sulfonamides is 1. The van der Waals surface area contributed by atoms with Crippen LogP contribution in [0.15, 0.2) is 45.8 Å². The number of hydrogen-bond acceptors (Lipinski definition) is 4. The van der Waals surface area contributed by atoms with Crippen molar-refractivity contribution in [3.05, 3.63) is 52.0 Å². The summed E-state index contributed by atoms with van der Waals surface area (Å²) in [6.07, 6.45) is 0. The van der Waals surface area contributed by atoms with Crippen molar-refractivity contribution in [2.45, 2.75) is 31.6 Å². The molecule has 0 saturated carbocycles. The first-order chi connectivity index (χ1) is 12.1. The number of aryl methyl sites for hydroxylation is 1. The van der Waals surface area contributed by atoms with Gasteiger partial charge in [0, 0.05) is 10.2 Å². The van der Waals surface area contributed by atoms with Crippen LogP contribution in [0.4, 0.5) is 5.69 Å². The Morgan fingerprint density at radius 2 is 1.85 bits per heavy atom. The van der Waals surface area contributed by atoms with Crippen LogP contribution in [0.1, 0.15) is 30.9 Å². The Morgan fingerprint density at radius 1 is 1.23 bits per heavy atom. The van der Waals surface area contributed by atoms with Gasteiger partial charge in [-0.1, -0.05) is 29.8 Å². The number of primary sulfonamides is 1. The number of rotatable bonds is 6. The molecule has 2 rings (SSSR count). The van der Waals surface area contributed by atoms with Crippen LogP contribution >= 0.6 is 15.9 Å². The molecule has 0 fully saturated rings. The Hall–Kier alpha value is -1.90. The van der Waals surface area contributed by atoms with Gasteiger partial charge in [-0.15, -0.1) is 0 Å². The number of benzene rings is 2. The molecule has 0 bridgehead atoms. The van der Waals surface area contributed by atoms with Crippen molar-refractivity contribution in [3.63, 3.8) is 0 Å². The van der Waals surface area contributed by atoms with Crippen molar-refractivity contribution in [1.82, 2.24) is 0 Å². The third-order valence-corrected chi connectivity index (χ3v) is 5.52. The maximum absolute atomic E-state index is 12.1. The number of ether oxygens (including phenoxy) is 1. The summed E-state index contributed by atoms with van der Waals surface area (Å²) >= 11 is 3.51. The number of nitrogens with one attached hydrogen (secondary N) is 1. The van der Waals surface area contributed by atoms with E-state index in [1.807, 2.05) is 19.1 Å². The molecule has 140 valence electrons. The van der Waals surface area contributed by atoms with Crippen molar-refractivity contribution in [2.24, 2.45) is 5.14 Å². The maximum Gasteiger partial charge on any atom is 0.262 e. The number of halogens is 1. The van der Waals surface area contributed by atoms with Crippen LogP contribution in [-0.2, 0) is 14.8 Å². The second kappa shape index (κ2) is 8.20. The topological polar surface area (TPSA) is 98.5 Å². The van der Waals surface area contributed by atoms with E-state index in [2.05, 4.69) is 35.1 Å². The lowest BCUT2D eigenvalue weighted by Gasteiger charge is -2.16. The second-order valence-corrected chi connectivity index (χ2v) is 8.62. The largest absolute Gasteiger partial charge is 0.483 e. The molecule has 0 aliphatic carbocycles. The molecule has 8 heteroatoms. The van der Waals surface area contributed by atoms with Crippen LogP contribution in [0.5, 0.6) is 5.75 Å². The monoisotopic (exact) mass is 440 g/mol. The molecule has 0 aliphatic rings. The molecular formula is C18H21BrN2O4S. The highest BCUT2D eigenvalue weighted by atomic mass is 79.9. The Balaban J connectivity index is 2.04. The fraction of sp³-hybridized carbons (Fsp3) is 0.278. The smallest absolute Gasteiger partial charge is 0.262 e. The van der Waals surface area contributed by atoms with E-state index < -0.39 is 10.0 Å². The Labute approximate surface area is 161 Å². The van der Waals surface area contributed by atoms with Crippen molar-refractivity contribution in [3.8, 4) is 5.75 Å². The molecule has 2 aromatic carbocycles. The number of nitrogens with two attached hydrogens (primary N) is 1. The normalized spacial score (nSPS) is 11.5. The predicted molar refractivity (Wildman–Crippen MR) is 105 cm³/mol. The summed E-state index contributed by atoms with van der Waals surface area (Å²) in [5.41, 5.74) is 2.48. The van der Waals surface area contributed by atoms with E-state index in [1.165, 1.54) is 24.3 Å². The first-order valence-electron chi connectivity index (χ1n) is 7.93. The fourth-order valence-corrected chi connectivity index (χ4v) is 3.19. The van der Waals surface area contributed by atoms with Crippen molar-refractivity contribution in [1.29, 1.82) is 0 Å². The Kier molecular flexibility index (Phi) is 6.44. The molecule has 0 spiro atoms. The molecule has 3 N–H and O–H groups in total. The van der Waals surface area contributed by atoms with Gasteiger partial charge in [-0.3, -0.25) is 4.79 Å². The van der Waals surface area contributed by atoms with E-state index in [0.29, 0.717) is 11.4 Å². The lowest BCUT2D eigenvalue weighted by atomic mass is 10.0. The quantitative estimate of drug-likeness (QED) is 0.717. The predicted octanol–water partition coefficient (Wildman–Crippen LogP) is 3.55. The summed E-state index contributed by atoms with van der Waals surface area (Å²) in [6, 6.07) is 9.51. The average molecular weight is 441 g/mol. The summed E-state index contributed by atoms with van der Waals surface area (Å²) in [5, 5.41) is 7.70. The van der Waals surface area contributed by atoms with Gasteiger partial charge in [0.2, 0.25) is 10.0 Å². The van der Waals surface area contributed by atoms with E-state index in [4.69, 9.17) is 9.88 Å². The van der Waals surface area contributed by atoms with Crippen molar-refractivity contribution < 1.29 is 17.9 Å². The molecule has 26 heavy (non-hydrogen) atoms. The summed E-state index contributed by atoms with van der Waals surface area (Å²) in [7, 11) is -3.76. The van der Waals surface area contributed by atoms with Crippen LogP contribution in [0.2, 0.25) is 0 Å². The van der Waals surface area contributed by atoms with Gasteiger partial charge in [0.1, 0.15) is 5.75 Å². The molecule has 0 aliphatic heterocycles. The van der Waals surface area contributed by atoms with Gasteiger partial charge in [0.25, 0.3) is 5.91 Å². The number of amides is 1. The highest BCUT2D eigenvalue weighted by molar-refractivity contribution is 9.10. The number of hydrogen-bond donors (Lipinski definition) is 2. The van der Waals surface area contributed by atoms with E-state index >= 15 is 0 Å². The summed E-state index contributed by atoms with van der Waals surface area (Å²) in [5.74, 6) is 0.569. The summed E-state index contributed by atoms with van der Waals surface area (Å²) < 4.78 is 29.2. The summed E-state index contributed by atoms with van der Waals surface area (Å²) in [4.78, 5) is 12.1. The third kappa shape index (κ3) is 5.30. The van der Waals surface area contributed by atoms with Gasteiger partial charge in [-0.25, -0.2) is 13.6 Å². The highest BCUT2D eigenvalue weighted by Crippen LogP contribution is 2.32. The van der Waals surface area contributed by atoms with E-state index in [1.54, 1.807) is 0 Å². The Bertz CT molecular complexity index is 910. The molecule has 0 radical (unpaired) electrons. The van der Waals surface area contributed by atoms with Crippen LogP contribution in [0, 0.1) is 6.92 Å². The second-order valence-electron chi connectivity index (χ2n) is 6.20. The minimum absolute atomic E-state index is 0.0151. The van der Waals surface area contributed by atoms with Crippen LogP contribution in [0.25, 0.3) is 0 Å². The van der Waals surface area contributed by atoms with Gasteiger partial charge < -0.3 is 10.1 Å². The standard InChI is InChI=1S/C18H21BrN2O4S/c1-11(2)15-9-16(19)12(3)8-17(15)25-10-18(22)21-13-4-6-14(7-5-13)26(20,23)24/h4-9,11H,10H2,1-3H3,(H,21,22)(H2,20,23,24). The highest BCUT2D eigenvalue weighted by Gasteiger charge is 2.13. The lowest BCUT2D eigenvalue weighted by molar-refractivity contribution is -0.118. The number of carbonyl (C=O) groups is 1. The van der Waals surface area contributed by atoms with E-state index in [-0.39, 0.29) is 23.3 Å². The van der Waals surface area contributed by atoms with Gasteiger partial charge >= 0.3 is 0 Å². The molecule has 6 nitrogen and oxygen atoms in total. The zero-order valence-electron chi connectivity index (χ0n) is 14.7.